The molecule has 8 heteroatoms. The second kappa shape index (κ2) is 6.77. The number of nitro groups is 1. The molecular formula is C16H17NO7. The number of ether oxygens (including phenoxy) is 2. The van der Waals surface area contributed by atoms with Gasteiger partial charge in [-0.05, 0) is 12.0 Å². The molecule has 0 amide bonds. The fourth-order valence-electron chi connectivity index (χ4n) is 3.21. The number of Topliss-reactive ketones (excluding diaryl/α,β-unsaturated/α-hetero) is 1. The predicted molar refractivity (Wildman–Crippen MR) is 81.2 cm³/mol. The zero-order valence-electron chi connectivity index (χ0n) is 13.3. The van der Waals surface area contributed by atoms with Crippen LogP contribution in [-0.2, 0) is 23.9 Å². The third-order valence-electron chi connectivity index (χ3n) is 4.41. The van der Waals surface area contributed by atoms with Crippen molar-refractivity contribution >= 4 is 23.4 Å². The highest BCUT2D eigenvalue weighted by atomic mass is 16.6. The Bertz CT molecular complexity index is 681. The second-order valence-electron chi connectivity index (χ2n) is 5.60. The maximum Gasteiger partial charge on any atom is 0.323 e. The lowest BCUT2D eigenvalue weighted by molar-refractivity contribution is -0.385. The predicted octanol–water partition coefficient (Wildman–Crippen LogP) is 1.76. The molecule has 24 heavy (non-hydrogen) atoms. The summed E-state index contributed by atoms with van der Waals surface area (Å²) >= 11 is 0. The van der Waals surface area contributed by atoms with Gasteiger partial charge in [0.15, 0.2) is 5.41 Å². The molecule has 128 valence electrons. The fourth-order valence-corrected chi connectivity index (χ4v) is 3.21. The molecule has 0 saturated heterocycles. The van der Waals surface area contributed by atoms with E-state index >= 15 is 0 Å². The number of benzene rings is 1. The van der Waals surface area contributed by atoms with Crippen LogP contribution in [0.1, 0.15) is 30.7 Å². The summed E-state index contributed by atoms with van der Waals surface area (Å²) in [7, 11) is 2.29. The van der Waals surface area contributed by atoms with E-state index in [0.717, 1.165) is 14.2 Å². The van der Waals surface area contributed by atoms with Crippen LogP contribution in [0, 0.1) is 15.5 Å². The average Bonchev–Trinajstić information content (AvgIpc) is 2.60. The van der Waals surface area contributed by atoms with Gasteiger partial charge in [0.1, 0.15) is 5.78 Å². The second-order valence-corrected chi connectivity index (χ2v) is 5.60. The number of carbonyl (C=O) groups is 3. The number of nitro benzene ring substituents is 1. The first-order chi connectivity index (χ1) is 11.4. The lowest BCUT2D eigenvalue weighted by Crippen LogP contribution is -2.49. The van der Waals surface area contributed by atoms with E-state index in [4.69, 9.17) is 9.47 Å². The lowest BCUT2D eigenvalue weighted by Gasteiger charge is -2.38. The molecule has 0 N–H and O–H groups in total. The molecule has 0 aromatic heterocycles. The van der Waals surface area contributed by atoms with Gasteiger partial charge in [0.25, 0.3) is 5.69 Å². The summed E-state index contributed by atoms with van der Waals surface area (Å²) in [5.41, 5.74) is -1.52. The van der Waals surface area contributed by atoms with Gasteiger partial charge in [-0.3, -0.25) is 24.5 Å². The molecule has 1 aromatic rings. The van der Waals surface area contributed by atoms with Crippen molar-refractivity contribution in [1.82, 2.24) is 0 Å². The van der Waals surface area contributed by atoms with Gasteiger partial charge in [-0.15, -0.1) is 0 Å². The minimum absolute atomic E-state index is 0.0373. The van der Waals surface area contributed by atoms with Crippen molar-refractivity contribution in [1.29, 1.82) is 0 Å². The number of rotatable bonds is 4. The Hall–Kier alpha value is -2.77. The van der Waals surface area contributed by atoms with E-state index in [-0.39, 0.29) is 30.7 Å². The SMILES string of the molecule is COC(=O)C1(C(=O)OC)CCC(=O)C[C@H]1c1cccc([N+](=O)[O-])c1. The third kappa shape index (κ3) is 2.86. The number of esters is 2. The number of hydrogen-bond donors (Lipinski definition) is 0. The van der Waals surface area contributed by atoms with Gasteiger partial charge in [0.05, 0.1) is 19.1 Å². The van der Waals surface area contributed by atoms with E-state index in [1.54, 1.807) is 6.07 Å². The van der Waals surface area contributed by atoms with Crippen LogP contribution in [0.15, 0.2) is 24.3 Å². The zero-order chi connectivity index (χ0) is 17.9. The molecule has 0 bridgehead atoms. The van der Waals surface area contributed by atoms with Gasteiger partial charge in [-0.2, -0.15) is 0 Å². The monoisotopic (exact) mass is 335 g/mol. The van der Waals surface area contributed by atoms with E-state index in [9.17, 15) is 24.5 Å². The van der Waals surface area contributed by atoms with E-state index in [2.05, 4.69) is 0 Å². The van der Waals surface area contributed by atoms with E-state index in [1.807, 2.05) is 0 Å². The lowest BCUT2D eigenvalue weighted by atomic mass is 9.63. The average molecular weight is 335 g/mol. The van der Waals surface area contributed by atoms with Crippen LogP contribution in [0.5, 0.6) is 0 Å². The van der Waals surface area contributed by atoms with E-state index in [1.165, 1.54) is 18.2 Å². The van der Waals surface area contributed by atoms with Crippen molar-refractivity contribution in [2.24, 2.45) is 5.41 Å². The largest absolute Gasteiger partial charge is 0.468 e. The Morgan fingerprint density at radius 1 is 1.25 bits per heavy atom. The standard InChI is InChI=1S/C16H17NO7/c1-23-14(19)16(15(20)24-2)7-6-12(18)9-13(16)10-4-3-5-11(8-10)17(21)22/h3-5,8,13H,6-7,9H2,1-2H3/t13-/m0/s1. The molecule has 1 atom stereocenters. The van der Waals surface area contributed by atoms with E-state index < -0.39 is 28.2 Å². The maximum absolute atomic E-state index is 12.4. The molecular weight excluding hydrogens is 318 g/mol. The molecule has 1 aromatic carbocycles. The topological polar surface area (TPSA) is 113 Å². The first-order valence-corrected chi connectivity index (χ1v) is 7.29. The van der Waals surface area contributed by atoms with Crippen molar-refractivity contribution in [2.75, 3.05) is 14.2 Å². The van der Waals surface area contributed by atoms with Crippen LogP contribution in [0.2, 0.25) is 0 Å². The summed E-state index contributed by atoms with van der Waals surface area (Å²) in [4.78, 5) is 47.2. The molecule has 0 spiro atoms. The molecule has 0 radical (unpaired) electrons. The molecule has 8 nitrogen and oxygen atoms in total. The van der Waals surface area contributed by atoms with Crippen LogP contribution in [0.3, 0.4) is 0 Å². The highest BCUT2D eigenvalue weighted by molar-refractivity contribution is 6.03. The number of hydrogen-bond acceptors (Lipinski definition) is 7. The smallest absolute Gasteiger partial charge is 0.323 e. The molecule has 1 saturated carbocycles. The highest BCUT2D eigenvalue weighted by Crippen LogP contribution is 2.48. The van der Waals surface area contributed by atoms with Crippen molar-refractivity contribution in [3.63, 3.8) is 0 Å². The van der Waals surface area contributed by atoms with Gasteiger partial charge < -0.3 is 9.47 Å². The molecule has 0 heterocycles. The number of carbonyl (C=O) groups excluding carboxylic acids is 3. The molecule has 0 unspecified atom stereocenters. The van der Waals surface area contributed by atoms with Crippen molar-refractivity contribution in [3.05, 3.63) is 39.9 Å². The number of nitrogens with zero attached hydrogens (tertiary/aromatic N) is 1. The van der Waals surface area contributed by atoms with Crippen LogP contribution in [0.4, 0.5) is 5.69 Å². The summed E-state index contributed by atoms with van der Waals surface area (Å²) in [6.07, 6.45) is -0.112. The highest BCUT2D eigenvalue weighted by Gasteiger charge is 2.57. The molecule has 1 aliphatic rings. The Morgan fingerprint density at radius 3 is 2.42 bits per heavy atom. The quantitative estimate of drug-likeness (QED) is 0.356. The summed E-state index contributed by atoms with van der Waals surface area (Å²) < 4.78 is 9.59. The maximum atomic E-state index is 12.4. The molecule has 1 aliphatic carbocycles. The minimum atomic E-state index is -1.69. The summed E-state index contributed by atoms with van der Waals surface area (Å²) in [6, 6.07) is 5.57. The Balaban J connectivity index is 2.61. The van der Waals surface area contributed by atoms with Crippen LogP contribution >= 0.6 is 0 Å². The summed E-state index contributed by atoms with van der Waals surface area (Å²) in [6.45, 7) is 0. The Labute approximate surface area is 137 Å². The van der Waals surface area contributed by atoms with Gasteiger partial charge in [0, 0.05) is 30.9 Å². The number of methoxy groups -OCH3 is 2. The minimum Gasteiger partial charge on any atom is -0.468 e. The van der Waals surface area contributed by atoms with Crippen LogP contribution in [0.25, 0.3) is 0 Å². The molecule has 0 aliphatic heterocycles. The van der Waals surface area contributed by atoms with Crippen LogP contribution in [-0.4, -0.2) is 36.9 Å². The first kappa shape index (κ1) is 17.6. The molecule has 1 fully saturated rings. The van der Waals surface area contributed by atoms with E-state index in [0.29, 0.717) is 5.56 Å². The zero-order valence-corrected chi connectivity index (χ0v) is 13.3. The molecule has 2 rings (SSSR count). The third-order valence-corrected chi connectivity index (χ3v) is 4.41. The first-order valence-electron chi connectivity index (χ1n) is 7.29. The van der Waals surface area contributed by atoms with Gasteiger partial charge >= 0.3 is 11.9 Å². The van der Waals surface area contributed by atoms with Gasteiger partial charge in [-0.1, -0.05) is 12.1 Å². The number of non-ortho nitro benzene ring substituents is 1. The van der Waals surface area contributed by atoms with Crippen molar-refractivity contribution in [2.45, 2.75) is 25.2 Å². The number of ketones is 1. The van der Waals surface area contributed by atoms with Crippen molar-refractivity contribution < 1.29 is 28.8 Å². The normalized spacial score (nSPS) is 19.4. The van der Waals surface area contributed by atoms with Gasteiger partial charge in [-0.25, -0.2) is 0 Å². The van der Waals surface area contributed by atoms with Crippen LogP contribution < -0.4 is 0 Å². The fraction of sp³-hybridized carbons (Fsp3) is 0.438. The Kier molecular flexibility index (Phi) is 4.96. The van der Waals surface area contributed by atoms with Gasteiger partial charge in [0.2, 0.25) is 0 Å². The summed E-state index contributed by atoms with van der Waals surface area (Å²) in [5, 5.41) is 11.0. The van der Waals surface area contributed by atoms with Crippen molar-refractivity contribution in [3.8, 4) is 0 Å². The Morgan fingerprint density at radius 2 is 1.88 bits per heavy atom. The summed E-state index contributed by atoms with van der Waals surface area (Å²) in [5.74, 6) is -2.62.